The van der Waals surface area contributed by atoms with E-state index < -0.39 is 0 Å². The van der Waals surface area contributed by atoms with E-state index in [0.29, 0.717) is 13.1 Å². The van der Waals surface area contributed by atoms with Crippen molar-refractivity contribution in [3.05, 3.63) is 47.0 Å². The second-order valence-electron chi connectivity index (χ2n) is 7.71. The summed E-state index contributed by atoms with van der Waals surface area (Å²) in [6.07, 6.45) is 7.46. The van der Waals surface area contributed by atoms with E-state index in [1.165, 1.54) is 11.3 Å². The number of nitrogens with one attached hydrogen (secondary N) is 1. The van der Waals surface area contributed by atoms with E-state index in [4.69, 9.17) is 0 Å². The molecular weight excluding hydrogens is 314 g/mol. The van der Waals surface area contributed by atoms with Crippen LogP contribution in [-0.4, -0.2) is 32.2 Å². The number of hydrogen-bond acceptors (Lipinski definition) is 3. The van der Waals surface area contributed by atoms with Gasteiger partial charge in [0.25, 0.3) is 0 Å². The van der Waals surface area contributed by atoms with Crippen LogP contribution in [0, 0.1) is 0 Å². The molecule has 2 amide bonds. The monoisotopic (exact) mass is 341 g/mol. The van der Waals surface area contributed by atoms with Crippen molar-refractivity contribution in [2.24, 2.45) is 7.05 Å². The van der Waals surface area contributed by atoms with E-state index >= 15 is 0 Å². The fraction of sp³-hybridized carbons (Fsp3) is 0.526. The van der Waals surface area contributed by atoms with Crippen LogP contribution in [0.3, 0.4) is 0 Å². The molecule has 0 fully saturated rings. The van der Waals surface area contributed by atoms with Gasteiger partial charge >= 0.3 is 6.03 Å². The third-order valence-corrected chi connectivity index (χ3v) is 4.78. The SMILES string of the molecule is Cn1ncc2c1CCCN(C(=O)NCc1cnccc1C(C)(C)C)C2. The van der Waals surface area contributed by atoms with Crippen LogP contribution in [0.2, 0.25) is 0 Å². The Kier molecular flexibility index (Phi) is 4.79. The van der Waals surface area contributed by atoms with Gasteiger partial charge < -0.3 is 10.2 Å². The maximum absolute atomic E-state index is 12.7. The van der Waals surface area contributed by atoms with Gasteiger partial charge in [0.2, 0.25) is 0 Å². The summed E-state index contributed by atoms with van der Waals surface area (Å²) in [7, 11) is 1.96. The number of carbonyl (C=O) groups is 1. The molecule has 1 N–H and O–H groups in total. The van der Waals surface area contributed by atoms with Gasteiger partial charge in [0.1, 0.15) is 0 Å². The Balaban J connectivity index is 1.68. The van der Waals surface area contributed by atoms with Crippen molar-refractivity contribution in [3.8, 4) is 0 Å². The van der Waals surface area contributed by atoms with Crippen LogP contribution in [0.4, 0.5) is 4.79 Å². The summed E-state index contributed by atoms with van der Waals surface area (Å²) < 4.78 is 1.92. The van der Waals surface area contributed by atoms with E-state index in [1.807, 2.05) is 41.3 Å². The molecule has 2 aromatic rings. The van der Waals surface area contributed by atoms with Gasteiger partial charge in [0, 0.05) is 43.8 Å². The van der Waals surface area contributed by atoms with E-state index in [2.05, 4.69) is 36.2 Å². The van der Waals surface area contributed by atoms with E-state index in [1.54, 1.807) is 0 Å². The molecular formula is C19H27N5O. The molecule has 25 heavy (non-hydrogen) atoms. The molecule has 0 atom stereocenters. The van der Waals surface area contributed by atoms with E-state index in [-0.39, 0.29) is 11.4 Å². The van der Waals surface area contributed by atoms with Gasteiger partial charge in [-0.3, -0.25) is 9.67 Å². The Hall–Kier alpha value is -2.37. The average Bonchev–Trinajstić information content (AvgIpc) is 2.80. The fourth-order valence-corrected chi connectivity index (χ4v) is 3.44. The number of fused-ring (bicyclic) bond motifs is 1. The molecule has 3 rings (SSSR count). The van der Waals surface area contributed by atoms with Gasteiger partial charge in [0.15, 0.2) is 0 Å². The average molecular weight is 341 g/mol. The third-order valence-electron chi connectivity index (χ3n) is 4.78. The van der Waals surface area contributed by atoms with Crippen molar-refractivity contribution >= 4 is 6.03 Å². The first kappa shape index (κ1) is 17.5. The summed E-state index contributed by atoms with van der Waals surface area (Å²) in [4.78, 5) is 18.8. The second kappa shape index (κ2) is 6.86. The number of amides is 2. The minimum atomic E-state index is -0.0274. The lowest BCUT2D eigenvalue weighted by Crippen LogP contribution is -2.39. The Morgan fingerprint density at radius 2 is 2.12 bits per heavy atom. The summed E-state index contributed by atoms with van der Waals surface area (Å²) in [5.74, 6) is 0. The highest BCUT2D eigenvalue weighted by molar-refractivity contribution is 5.74. The topological polar surface area (TPSA) is 63.1 Å². The van der Waals surface area contributed by atoms with Crippen molar-refractivity contribution in [1.82, 2.24) is 25.0 Å². The van der Waals surface area contributed by atoms with Crippen LogP contribution in [0.25, 0.3) is 0 Å². The first-order valence-corrected chi connectivity index (χ1v) is 8.82. The molecule has 0 saturated carbocycles. The van der Waals surface area contributed by atoms with Crippen LogP contribution in [-0.2, 0) is 32.0 Å². The van der Waals surface area contributed by atoms with Crippen molar-refractivity contribution in [2.45, 2.75) is 52.1 Å². The van der Waals surface area contributed by atoms with E-state index in [9.17, 15) is 4.79 Å². The fourth-order valence-electron chi connectivity index (χ4n) is 3.44. The Bertz CT molecular complexity index is 759. The molecule has 0 spiro atoms. The highest BCUT2D eigenvalue weighted by atomic mass is 16.2. The predicted molar refractivity (Wildman–Crippen MR) is 97.1 cm³/mol. The number of rotatable bonds is 2. The summed E-state index contributed by atoms with van der Waals surface area (Å²) >= 11 is 0. The molecule has 0 radical (unpaired) electrons. The van der Waals surface area contributed by atoms with Gasteiger partial charge in [-0.2, -0.15) is 5.10 Å². The predicted octanol–water partition coefficient (Wildman–Crippen LogP) is 2.77. The highest BCUT2D eigenvalue weighted by Gasteiger charge is 2.22. The lowest BCUT2D eigenvalue weighted by Gasteiger charge is -2.24. The number of pyridine rings is 1. The molecule has 0 bridgehead atoms. The zero-order chi connectivity index (χ0) is 18.0. The normalized spacial score (nSPS) is 14.8. The molecule has 0 aromatic carbocycles. The van der Waals surface area contributed by atoms with Crippen molar-refractivity contribution in [2.75, 3.05) is 6.54 Å². The summed E-state index contributed by atoms with van der Waals surface area (Å²) in [6, 6.07) is 2.01. The van der Waals surface area contributed by atoms with Crippen LogP contribution in [0.1, 0.15) is 49.6 Å². The van der Waals surface area contributed by atoms with Crippen LogP contribution in [0.15, 0.2) is 24.7 Å². The standard InChI is InChI=1S/C19H27N5O/c1-19(2,3)16-7-8-20-10-14(16)11-21-18(25)24-9-5-6-17-15(13-24)12-22-23(17)4/h7-8,10,12H,5-6,9,11,13H2,1-4H3,(H,21,25). The molecule has 6 nitrogen and oxygen atoms in total. The van der Waals surface area contributed by atoms with Crippen molar-refractivity contribution in [1.29, 1.82) is 0 Å². The zero-order valence-electron chi connectivity index (χ0n) is 15.5. The summed E-state index contributed by atoms with van der Waals surface area (Å²) in [5.41, 5.74) is 4.69. The van der Waals surface area contributed by atoms with Gasteiger partial charge in [-0.05, 0) is 35.4 Å². The minimum absolute atomic E-state index is 0.0240. The Morgan fingerprint density at radius 3 is 2.88 bits per heavy atom. The van der Waals surface area contributed by atoms with Gasteiger partial charge in [-0.25, -0.2) is 4.79 Å². The van der Waals surface area contributed by atoms with Gasteiger partial charge in [-0.15, -0.1) is 0 Å². The number of carbonyl (C=O) groups excluding carboxylic acids is 1. The zero-order valence-corrected chi connectivity index (χ0v) is 15.5. The second-order valence-corrected chi connectivity index (χ2v) is 7.71. The molecule has 134 valence electrons. The number of aryl methyl sites for hydroxylation is 1. The summed E-state index contributed by atoms with van der Waals surface area (Å²) in [5, 5.41) is 7.38. The first-order chi connectivity index (χ1) is 11.9. The smallest absolute Gasteiger partial charge is 0.317 e. The molecule has 0 aliphatic carbocycles. The molecule has 6 heteroatoms. The molecule has 1 aliphatic rings. The molecule has 1 aliphatic heterocycles. The van der Waals surface area contributed by atoms with Crippen LogP contribution in [0.5, 0.6) is 0 Å². The third kappa shape index (κ3) is 3.83. The number of nitrogens with zero attached hydrogens (tertiary/aromatic N) is 4. The molecule has 0 unspecified atom stereocenters. The quantitative estimate of drug-likeness (QED) is 0.913. The maximum Gasteiger partial charge on any atom is 0.317 e. The molecule has 3 heterocycles. The van der Waals surface area contributed by atoms with Crippen LogP contribution < -0.4 is 5.32 Å². The van der Waals surface area contributed by atoms with Crippen LogP contribution >= 0.6 is 0 Å². The number of urea groups is 1. The highest BCUT2D eigenvalue weighted by Crippen LogP contribution is 2.25. The number of aromatic nitrogens is 3. The van der Waals surface area contributed by atoms with Gasteiger partial charge in [0.05, 0.1) is 12.7 Å². The Morgan fingerprint density at radius 1 is 1.32 bits per heavy atom. The number of hydrogen-bond donors (Lipinski definition) is 1. The Labute approximate surface area is 149 Å². The summed E-state index contributed by atoms with van der Waals surface area (Å²) in [6.45, 7) is 8.40. The van der Waals surface area contributed by atoms with E-state index in [0.717, 1.165) is 30.5 Å². The van der Waals surface area contributed by atoms with Crippen molar-refractivity contribution in [3.63, 3.8) is 0 Å². The molecule has 0 saturated heterocycles. The van der Waals surface area contributed by atoms with Crippen molar-refractivity contribution < 1.29 is 4.79 Å². The first-order valence-electron chi connectivity index (χ1n) is 8.82. The lowest BCUT2D eigenvalue weighted by molar-refractivity contribution is 0.195. The maximum atomic E-state index is 12.7. The largest absolute Gasteiger partial charge is 0.334 e. The lowest BCUT2D eigenvalue weighted by atomic mass is 9.85. The minimum Gasteiger partial charge on any atom is -0.334 e. The molecule has 2 aromatic heterocycles. The van der Waals surface area contributed by atoms with Gasteiger partial charge in [-0.1, -0.05) is 20.8 Å².